The fourth-order valence-electron chi connectivity index (χ4n) is 2.35. The van der Waals surface area contributed by atoms with Gasteiger partial charge in [-0.05, 0) is 83.9 Å². The predicted molar refractivity (Wildman–Crippen MR) is 113 cm³/mol. The summed E-state index contributed by atoms with van der Waals surface area (Å²) in [6.07, 6.45) is 2.90. The molecule has 0 saturated carbocycles. The smallest absolute Gasteiger partial charge is 0.271 e. The summed E-state index contributed by atoms with van der Waals surface area (Å²) < 4.78 is 0. The van der Waals surface area contributed by atoms with Gasteiger partial charge in [0.1, 0.15) is 11.5 Å². The van der Waals surface area contributed by atoms with Gasteiger partial charge in [-0.25, -0.2) is 10.9 Å². The summed E-state index contributed by atoms with van der Waals surface area (Å²) in [6, 6.07) is 18.7. The van der Waals surface area contributed by atoms with Crippen LogP contribution in [0.1, 0.15) is 31.8 Å². The molecule has 0 radical (unpaired) electrons. The van der Waals surface area contributed by atoms with Crippen LogP contribution in [0, 0.1) is 0 Å². The van der Waals surface area contributed by atoms with Crippen LogP contribution >= 0.6 is 0 Å². The Balaban J connectivity index is 1.53. The molecule has 3 aromatic rings. The Morgan fingerprint density at radius 2 is 0.933 bits per heavy atom. The number of nitrogens with zero attached hydrogens (tertiary/aromatic N) is 2. The number of hydrogen-bond acceptors (Lipinski definition) is 6. The highest BCUT2D eigenvalue weighted by molar-refractivity contribution is 5.98. The maximum absolute atomic E-state index is 12.1. The number of hydrogen-bond donors (Lipinski definition) is 4. The fourth-order valence-corrected chi connectivity index (χ4v) is 2.35. The molecule has 30 heavy (non-hydrogen) atoms. The summed E-state index contributed by atoms with van der Waals surface area (Å²) in [5.41, 5.74) is 6.89. The van der Waals surface area contributed by atoms with E-state index in [4.69, 9.17) is 0 Å². The van der Waals surface area contributed by atoms with E-state index in [0.717, 1.165) is 0 Å². The minimum Gasteiger partial charge on any atom is -0.508 e. The van der Waals surface area contributed by atoms with Crippen LogP contribution in [0.25, 0.3) is 0 Å². The van der Waals surface area contributed by atoms with Crippen molar-refractivity contribution in [1.29, 1.82) is 0 Å². The van der Waals surface area contributed by atoms with Gasteiger partial charge in [-0.15, -0.1) is 0 Å². The van der Waals surface area contributed by atoms with Crippen molar-refractivity contribution in [3.63, 3.8) is 0 Å². The Morgan fingerprint density at radius 1 is 0.600 bits per heavy atom. The fraction of sp³-hybridized carbons (Fsp3) is 0. The summed E-state index contributed by atoms with van der Waals surface area (Å²) in [5, 5.41) is 26.2. The summed E-state index contributed by atoms with van der Waals surface area (Å²) in [5.74, 6) is -0.567. The van der Waals surface area contributed by atoms with E-state index >= 15 is 0 Å². The molecule has 3 rings (SSSR count). The van der Waals surface area contributed by atoms with Crippen LogP contribution in [0.5, 0.6) is 11.5 Å². The molecule has 0 aliphatic rings. The summed E-state index contributed by atoms with van der Waals surface area (Å²) in [7, 11) is 0. The van der Waals surface area contributed by atoms with Gasteiger partial charge in [0.15, 0.2) is 0 Å². The van der Waals surface area contributed by atoms with Crippen molar-refractivity contribution in [2.45, 2.75) is 0 Å². The molecule has 0 atom stereocenters. The topological polar surface area (TPSA) is 123 Å². The molecule has 0 heterocycles. The first kappa shape index (κ1) is 20.3. The number of benzene rings is 3. The number of aromatic hydroxyl groups is 2. The maximum atomic E-state index is 12.1. The number of amides is 2. The second-order valence-corrected chi connectivity index (χ2v) is 6.16. The van der Waals surface area contributed by atoms with E-state index in [2.05, 4.69) is 21.1 Å². The Morgan fingerprint density at radius 3 is 1.27 bits per heavy atom. The van der Waals surface area contributed by atoms with Gasteiger partial charge in [-0.1, -0.05) is 0 Å². The third kappa shape index (κ3) is 5.77. The Bertz CT molecular complexity index is 985. The molecule has 0 saturated heterocycles. The van der Waals surface area contributed by atoms with Crippen LogP contribution in [0.15, 0.2) is 83.0 Å². The summed E-state index contributed by atoms with van der Waals surface area (Å²) in [6.45, 7) is 0. The van der Waals surface area contributed by atoms with Gasteiger partial charge in [-0.2, -0.15) is 10.2 Å². The number of nitrogens with one attached hydrogen (secondary N) is 2. The molecule has 0 bridgehead atoms. The number of carbonyl (C=O) groups is 2. The van der Waals surface area contributed by atoms with Crippen LogP contribution in [-0.2, 0) is 0 Å². The van der Waals surface area contributed by atoms with Crippen molar-refractivity contribution in [1.82, 2.24) is 10.9 Å². The first-order valence-corrected chi connectivity index (χ1v) is 8.86. The molecule has 4 N–H and O–H groups in total. The van der Waals surface area contributed by atoms with E-state index in [9.17, 15) is 19.8 Å². The number of carbonyl (C=O) groups excluding carboxylic acids is 2. The van der Waals surface area contributed by atoms with E-state index in [-0.39, 0.29) is 11.5 Å². The first-order valence-electron chi connectivity index (χ1n) is 8.86. The highest BCUT2D eigenvalue weighted by atomic mass is 16.3. The number of phenolic OH excluding ortho intramolecular Hbond substituents is 2. The highest BCUT2D eigenvalue weighted by Crippen LogP contribution is 2.09. The third-order valence-corrected chi connectivity index (χ3v) is 3.95. The van der Waals surface area contributed by atoms with E-state index in [1.807, 2.05) is 0 Å². The largest absolute Gasteiger partial charge is 0.508 e. The molecule has 3 aromatic carbocycles. The summed E-state index contributed by atoms with van der Waals surface area (Å²) >= 11 is 0. The van der Waals surface area contributed by atoms with Crippen molar-refractivity contribution in [3.8, 4) is 11.5 Å². The normalized spacial score (nSPS) is 10.9. The lowest BCUT2D eigenvalue weighted by molar-refractivity contribution is 0.0943. The van der Waals surface area contributed by atoms with Crippen molar-refractivity contribution >= 4 is 24.2 Å². The van der Waals surface area contributed by atoms with Gasteiger partial charge in [0.2, 0.25) is 0 Å². The number of hydrazone groups is 2. The molecular weight excluding hydrogens is 384 g/mol. The van der Waals surface area contributed by atoms with E-state index < -0.39 is 11.8 Å². The molecule has 0 aromatic heterocycles. The minimum absolute atomic E-state index is 0.145. The van der Waals surface area contributed by atoms with Gasteiger partial charge in [0.25, 0.3) is 11.8 Å². The quantitative estimate of drug-likeness (QED) is 0.374. The van der Waals surface area contributed by atoms with Crippen molar-refractivity contribution in [3.05, 3.63) is 95.1 Å². The SMILES string of the molecule is O=C(N/N=C/c1ccc(O)cc1)c1ccc(C(=O)N/N=C/c2ccc(O)cc2)cc1. The van der Waals surface area contributed by atoms with E-state index in [0.29, 0.717) is 22.3 Å². The lowest BCUT2D eigenvalue weighted by atomic mass is 10.1. The van der Waals surface area contributed by atoms with E-state index in [1.54, 1.807) is 24.3 Å². The number of phenols is 2. The molecular formula is C22H18N4O4. The van der Waals surface area contributed by atoms with Gasteiger partial charge in [0, 0.05) is 11.1 Å². The monoisotopic (exact) mass is 402 g/mol. The molecule has 2 amide bonds. The van der Waals surface area contributed by atoms with Crippen molar-refractivity contribution < 1.29 is 19.8 Å². The van der Waals surface area contributed by atoms with Crippen LogP contribution in [0.2, 0.25) is 0 Å². The Labute approximate surface area is 172 Å². The molecule has 150 valence electrons. The number of rotatable bonds is 6. The lowest BCUT2D eigenvalue weighted by Crippen LogP contribution is -2.19. The molecule has 8 nitrogen and oxygen atoms in total. The second-order valence-electron chi connectivity index (χ2n) is 6.16. The molecule has 0 fully saturated rings. The van der Waals surface area contributed by atoms with Gasteiger partial charge in [-0.3, -0.25) is 9.59 Å². The minimum atomic E-state index is -0.428. The zero-order chi connectivity index (χ0) is 21.3. The Kier molecular flexibility index (Phi) is 6.52. The average Bonchev–Trinajstić information content (AvgIpc) is 2.76. The van der Waals surface area contributed by atoms with Crippen molar-refractivity contribution in [2.75, 3.05) is 0 Å². The predicted octanol–water partition coefficient (Wildman–Crippen LogP) is 2.63. The maximum Gasteiger partial charge on any atom is 0.271 e. The van der Waals surface area contributed by atoms with Crippen LogP contribution < -0.4 is 10.9 Å². The third-order valence-electron chi connectivity index (χ3n) is 3.95. The lowest BCUT2D eigenvalue weighted by Gasteiger charge is -2.03. The van der Waals surface area contributed by atoms with Crippen LogP contribution in [0.3, 0.4) is 0 Å². The van der Waals surface area contributed by atoms with Crippen molar-refractivity contribution in [2.24, 2.45) is 10.2 Å². The van der Waals surface area contributed by atoms with Gasteiger partial charge < -0.3 is 10.2 Å². The zero-order valence-corrected chi connectivity index (χ0v) is 15.7. The Hall–Kier alpha value is -4.46. The highest BCUT2D eigenvalue weighted by Gasteiger charge is 2.08. The van der Waals surface area contributed by atoms with Gasteiger partial charge >= 0.3 is 0 Å². The average molecular weight is 402 g/mol. The molecule has 0 unspecified atom stereocenters. The van der Waals surface area contributed by atoms with Gasteiger partial charge in [0.05, 0.1) is 12.4 Å². The summed E-state index contributed by atoms with van der Waals surface area (Å²) in [4.78, 5) is 24.2. The molecule has 0 spiro atoms. The van der Waals surface area contributed by atoms with Crippen LogP contribution in [-0.4, -0.2) is 34.5 Å². The van der Waals surface area contributed by atoms with Crippen LogP contribution in [0.4, 0.5) is 0 Å². The second kappa shape index (κ2) is 9.65. The first-order chi connectivity index (χ1) is 14.5. The standard InChI is InChI=1S/C22H18N4O4/c27-19-9-1-15(2-10-19)13-23-25-21(29)17-5-7-18(8-6-17)22(30)26-24-14-16-3-11-20(28)12-4-16/h1-14,27-28H,(H,25,29)(H,26,30)/b23-13+,24-14+. The molecule has 0 aliphatic carbocycles. The zero-order valence-electron chi connectivity index (χ0n) is 15.7. The van der Waals surface area contributed by atoms with E-state index in [1.165, 1.54) is 61.0 Å². The molecule has 0 aliphatic heterocycles. The molecule has 8 heteroatoms.